The quantitative estimate of drug-likeness (QED) is 0.412. The zero-order valence-electron chi connectivity index (χ0n) is 20.7. The van der Waals surface area contributed by atoms with Crippen molar-refractivity contribution < 1.29 is 0 Å². The van der Waals surface area contributed by atoms with Crippen LogP contribution < -0.4 is 10.2 Å². The Morgan fingerprint density at radius 3 is 2.63 bits per heavy atom. The van der Waals surface area contributed by atoms with Gasteiger partial charge in [-0.3, -0.25) is 9.30 Å². The Kier molecular flexibility index (Phi) is 5.65. The molecule has 2 fully saturated rings. The molecule has 2 aliphatic heterocycles. The molecule has 0 radical (unpaired) electrons. The van der Waals surface area contributed by atoms with Crippen molar-refractivity contribution in [1.82, 2.24) is 24.3 Å². The zero-order chi connectivity index (χ0) is 23.9. The lowest BCUT2D eigenvalue weighted by Crippen LogP contribution is -2.50. The molecule has 7 heteroatoms. The molecule has 5 heterocycles. The topological polar surface area (TPSA) is 61.6 Å². The summed E-state index contributed by atoms with van der Waals surface area (Å²) in [4.78, 5) is 19.6. The molecular formula is C28H33N7. The van der Waals surface area contributed by atoms with Gasteiger partial charge in [0.25, 0.3) is 0 Å². The molecule has 6 rings (SSSR count). The molecule has 1 N–H and O–H groups in total. The van der Waals surface area contributed by atoms with Gasteiger partial charge in [-0.1, -0.05) is 37.3 Å². The number of anilines is 2. The standard InChI is InChI=1S/C28H33N7/c1-4-19(2)34-17-24-15-23(34)18-35(24)28-32-25(16-27-30-12-13-33(27)28)22-10-11-29-26(14-22)31-20(3)21-8-6-5-7-9-21/h5-14,16,19-20,23-24H,4,15,17-18H2,1-3H3,(H,29,31)/t19?,20-,23?,24-/m0/s1. The van der Waals surface area contributed by atoms with Crippen LogP contribution in [0.4, 0.5) is 11.8 Å². The number of nitrogens with zero attached hydrogens (tertiary/aromatic N) is 6. The van der Waals surface area contributed by atoms with E-state index in [4.69, 9.17) is 4.98 Å². The summed E-state index contributed by atoms with van der Waals surface area (Å²) in [5.74, 6) is 1.84. The van der Waals surface area contributed by atoms with Crippen molar-refractivity contribution >= 4 is 17.4 Å². The molecule has 0 aliphatic carbocycles. The van der Waals surface area contributed by atoms with Gasteiger partial charge < -0.3 is 10.2 Å². The number of nitrogens with one attached hydrogen (secondary N) is 1. The molecule has 4 atom stereocenters. The molecule has 2 bridgehead atoms. The highest BCUT2D eigenvalue weighted by Crippen LogP contribution is 2.36. The predicted octanol–water partition coefficient (Wildman–Crippen LogP) is 5.03. The predicted molar refractivity (Wildman–Crippen MR) is 141 cm³/mol. The van der Waals surface area contributed by atoms with Crippen molar-refractivity contribution in [3.05, 3.63) is 72.7 Å². The molecule has 2 saturated heterocycles. The largest absolute Gasteiger partial charge is 0.364 e. The van der Waals surface area contributed by atoms with Gasteiger partial charge in [0.1, 0.15) is 11.5 Å². The Bertz CT molecular complexity index is 1320. The van der Waals surface area contributed by atoms with Crippen LogP contribution in [-0.2, 0) is 0 Å². The summed E-state index contributed by atoms with van der Waals surface area (Å²) in [7, 11) is 0. The van der Waals surface area contributed by atoms with E-state index in [1.54, 1.807) is 0 Å². The van der Waals surface area contributed by atoms with Crippen molar-refractivity contribution in [2.24, 2.45) is 0 Å². The third-order valence-electron chi connectivity index (χ3n) is 7.79. The van der Waals surface area contributed by atoms with Gasteiger partial charge in [-0.05, 0) is 44.4 Å². The van der Waals surface area contributed by atoms with Crippen molar-refractivity contribution in [3.8, 4) is 11.3 Å². The third-order valence-corrected chi connectivity index (χ3v) is 7.79. The molecule has 2 unspecified atom stereocenters. The minimum Gasteiger partial charge on any atom is -0.364 e. The number of pyridine rings is 1. The number of rotatable bonds is 7. The maximum absolute atomic E-state index is 5.19. The number of benzene rings is 1. The van der Waals surface area contributed by atoms with Crippen LogP contribution in [0.3, 0.4) is 0 Å². The summed E-state index contributed by atoms with van der Waals surface area (Å²) in [6.07, 6.45) is 8.16. The van der Waals surface area contributed by atoms with E-state index in [-0.39, 0.29) is 6.04 Å². The van der Waals surface area contributed by atoms with Crippen LogP contribution in [0, 0.1) is 0 Å². The summed E-state index contributed by atoms with van der Waals surface area (Å²) < 4.78 is 2.13. The Balaban J connectivity index is 1.30. The van der Waals surface area contributed by atoms with E-state index in [2.05, 4.69) is 86.7 Å². The minimum absolute atomic E-state index is 0.158. The van der Waals surface area contributed by atoms with E-state index in [9.17, 15) is 0 Å². The first-order valence-corrected chi connectivity index (χ1v) is 12.7. The second-order valence-electron chi connectivity index (χ2n) is 9.95. The first-order valence-electron chi connectivity index (χ1n) is 12.7. The van der Waals surface area contributed by atoms with Crippen molar-refractivity contribution in [3.63, 3.8) is 0 Å². The van der Waals surface area contributed by atoms with Crippen LogP contribution in [0.25, 0.3) is 16.9 Å². The first kappa shape index (κ1) is 22.0. The average molecular weight is 468 g/mol. The number of likely N-dealkylation sites (tertiary alicyclic amines) is 1. The zero-order valence-corrected chi connectivity index (χ0v) is 20.7. The molecule has 35 heavy (non-hydrogen) atoms. The van der Waals surface area contributed by atoms with Crippen molar-refractivity contribution in [1.29, 1.82) is 0 Å². The summed E-state index contributed by atoms with van der Waals surface area (Å²) in [5.41, 5.74) is 4.13. The van der Waals surface area contributed by atoms with Crippen LogP contribution in [0.15, 0.2) is 67.1 Å². The van der Waals surface area contributed by atoms with E-state index in [1.165, 1.54) is 18.4 Å². The lowest BCUT2D eigenvalue weighted by Gasteiger charge is -2.38. The van der Waals surface area contributed by atoms with Gasteiger partial charge in [0.05, 0.1) is 5.69 Å². The highest BCUT2D eigenvalue weighted by molar-refractivity contribution is 5.68. The fourth-order valence-corrected chi connectivity index (χ4v) is 5.69. The van der Waals surface area contributed by atoms with Gasteiger partial charge in [-0.25, -0.2) is 15.0 Å². The van der Waals surface area contributed by atoms with Gasteiger partial charge in [0.15, 0.2) is 0 Å². The first-order chi connectivity index (χ1) is 17.1. The Hall–Kier alpha value is -3.45. The molecule has 7 nitrogen and oxygen atoms in total. The van der Waals surface area contributed by atoms with Crippen LogP contribution in [0.1, 0.15) is 45.2 Å². The van der Waals surface area contributed by atoms with Gasteiger partial charge in [0, 0.05) is 67.5 Å². The van der Waals surface area contributed by atoms with Crippen LogP contribution in [0.2, 0.25) is 0 Å². The molecule has 2 aliphatic rings. The average Bonchev–Trinajstić information content (AvgIpc) is 3.64. The lowest BCUT2D eigenvalue weighted by atomic mass is 10.1. The van der Waals surface area contributed by atoms with Crippen molar-refractivity contribution in [2.75, 3.05) is 23.3 Å². The number of hydrogen-bond donors (Lipinski definition) is 1. The van der Waals surface area contributed by atoms with E-state index in [0.717, 1.165) is 41.8 Å². The minimum atomic E-state index is 0.158. The Morgan fingerprint density at radius 1 is 1.00 bits per heavy atom. The second-order valence-corrected chi connectivity index (χ2v) is 9.95. The normalized spacial score (nSPS) is 21.5. The molecule has 4 aromatic rings. The smallest absolute Gasteiger partial charge is 0.212 e. The SMILES string of the molecule is CCC(C)N1C[C@@H]2CC1CN2c1nc(-c2ccnc(N[C@@H](C)c3ccccc3)c2)cc2nccn12. The molecule has 0 saturated carbocycles. The highest BCUT2D eigenvalue weighted by Gasteiger charge is 2.45. The maximum atomic E-state index is 5.19. The summed E-state index contributed by atoms with van der Waals surface area (Å²) >= 11 is 0. The Labute approximate surface area is 206 Å². The van der Waals surface area contributed by atoms with Crippen molar-refractivity contribution in [2.45, 2.75) is 57.8 Å². The molecule has 0 amide bonds. The number of aromatic nitrogens is 4. The molecule has 3 aromatic heterocycles. The fourth-order valence-electron chi connectivity index (χ4n) is 5.69. The molecular weight excluding hydrogens is 434 g/mol. The van der Waals surface area contributed by atoms with Gasteiger partial charge in [-0.2, -0.15) is 0 Å². The number of piperazine rings is 1. The van der Waals surface area contributed by atoms with Crippen LogP contribution >= 0.6 is 0 Å². The van der Waals surface area contributed by atoms with E-state index >= 15 is 0 Å². The third kappa shape index (κ3) is 4.04. The monoisotopic (exact) mass is 467 g/mol. The number of fused-ring (bicyclic) bond motifs is 3. The second kappa shape index (κ2) is 8.96. The lowest BCUT2D eigenvalue weighted by molar-refractivity contribution is 0.175. The summed E-state index contributed by atoms with van der Waals surface area (Å²) in [6, 6.07) is 18.5. The number of imidazole rings is 1. The van der Waals surface area contributed by atoms with E-state index in [1.807, 2.05) is 30.7 Å². The van der Waals surface area contributed by atoms with Gasteiger partial charge in [-0.15, -0.1) is 0 Å². The molecule has 1 aromatic carbocycles. The fraction of sp³-hybridized carbons (Fsp3) is 0.393. The number of hydrogen-bond acceptors (Lipinski definition) is 6. The maximum Gasteiger partial charge on any atom is 0.212 e. The van der Waals surface area contributed by atoms with Crippen LogP contribution in [0.5, 0.6) is 0 Å². The van der Waals surface area contributed by atoms with E-state index < -0.39 is 0 Å². The highest BCUT2D eigenvalue weighted by atomic mass is 15.4. The Morgan fingerprint density at radius 2 is 1.86 bits per heavy atom. The van der Waals surface area contributed by atoms with Crippen LogP contribution in [-0.4, -0.2) is 55.5 Å². The molecule has 0 spiro atoms. The summed E-state index contributed by atoms with van der Waals surface area (Å²) in [5, 5.41) is 3.54. The van der Waals surface area contributed by atoms with E-state index in [0.29, 0.717) is 18.1 Å². The van der Waals surface area contributed by atoms with Gasteiger partial charge >= 0.3 is 0 Å². The molecule has 180 valence electrons. The summed E-state index contributed by atoms with van der Waals surface area (Å²) in [6.45, 7) is 8.93. The van der Waals surface area contributed by atoms with Gasteiger partial charge in [0.2, 0.25) is 5.95 Å².